The molecule has 1 rings (SSSR count). The summed E-state index contributed by atoms with van der Waals surface area (Å²) in [5, 5.41) is 10.5. The van der Waals surface area contributed by atoms with Gasteiger partial charge in [0.05, 0.1) is 0 Å². The van der Waals surface area contributed by atoms with Gasteiger partial charge in [0.2, 0.25) is 0 Å². The van der Waals surface area contributed by atoms with Gasteiger partial charge in [-0.15, -0.1) is 0 Å². The molecule has 0 saturated carbocycles. The van der Waals surface area contributed by atoms with Gasteiger partial charge >= 0.3 is 0 Å². The van der Waals surface area contributed by atoms with E-state index >= 15 is 0 Å². The van der Waals surface area contributed by atoms with E-state index in [9.17, 15) is 0 Å². The van der Waals surface area contributed by atoms with Crippen molar-refractivity contribution in [2.75, 3.05) is 58.9 Å². The maximum atomic E-state index is 3.52. The third kappa shape index (κ3) is 10.3. The highest BCUT2D eigenvalue weighted by Crippen LogP contribution is 2.03. The average molecular weight is 270 g/mol. The van der Waals surface area contributed by atoms with Crippen LogP contribution >= 0.6 is 0 Å². The Bertz CT molecular complexity index is 175. The highest BCUT2D eigenvalue weighted by atomic mass is 15.2. The van der Waals surface area contributed by atoms with Gasteiger partial charge in [-0.1, -0.05) is 32.6 Å². The summed E-state index contributed by atoms with van der Waals surface area (Å²) in [7, 11) is 0. The summed E-state index contributed by atoms with van der Waals surface area (Å²) < 4.78 is 0. The topological polar surface area (TPSA) is 39.3 Å². The van der Waals surface area contributed by atoms with Crippen LogP contribution in [0.3, 0.4) is 0 Å². The van der Waals surface area contributed by atoms with Gasteiger partial charge in [-0.05, 0) is 13.0 Å². The lowest BCUT2D eigenvalue weighted by molar-refractivity contribution is 0.264. The Balaban J connectivity index is 2.11. The first-order chi connectivity index (χ1) is 9.43. The second-order valence-corrected chi connectivity index (χ2v) is 5.51. The standard InChI is InChI=1S/C15H34N4/c1-2-3-4-5-6-13-19-14-11-17-9-7-16-8-10-18-12-15-19/h16-18H,2-15H2,1H3. The molecule has 0 aromatic heterocycles. The Morgan fingerprint density at radius 1 is 0.684 bits per heavy atom. The number of unbranched alkanes of at least 4 members (excludes halogenated alkanes) is 4. The summed E-state index contributed by atoms with van der Waals surface area (Å²) in [5.74, 6) is 0. The van der Waals surface area contributed by atoms with Crippen LogP contribution in [0.25, 0.3) is 0 Å². The zero-order valence-corrected chi connectivity index (χ0v) is 12.8. The molecule has 3 N–H and O–H groups in total. The quantitative estimate of drug-likeness (QED) is 0.631. The molecule has 0 aromatic rings. The molecule has 0 aliphatic carbocycles. The molecule has 1 heterocycles. The summed E-state index contributed by atoms with van der Waals surface area (Å²) in [6, 6.07) is 0. The smallest absolute Gasteiger partial charge is 0.0107 e. The van der Waals surface area contributed by atoms with E-state index in [1.807, 2.05) is 0 Å². The van der Waals surface area contributed by atoms with Crippen molar-refractivity contribution >= 4 is 0 Å². The Morgan fingerprint density at radius 3 is 1.79 bits per heavy atom. The third-order valence-corrected chi connectivity index (χ3v) is 3.74. The van der Waals surface area contributed by atoms with Crippen molar-refractivity contribution in [3.63, 3.8) is 0 Å². The minimum absolute atomic E-state index is 1.08. The lowest BCUT2D eigenvalue weighted by Gasteiger charge is -2.23. The molecule has 1 aliphatic heterocycles. The van der Waals surface area contributed by atoms with E-state index in [0.29, 0.717) is 0 Å². The lowest BCUT2D eigenvalue weighted by Crippen LogP contribution is -2.42. The van der Waals surface area contributed by atoms with Crippen molar-refractivity contribution in [1.82, 2.24) is 20.9 Å². The second-order valence-electron chi connectivity index (χ2n) is 5.51. The van der Waals surface area contributed by atoms with Crippen LogP contribution in [0.2, 0.25) is 0 Å². The van der Waals surface area contributed by atoms with Gasteiger partial charge in [0.15, 0.2) is 0 Å². The lowest BCUT2D eigenvalue weighted by atomic mass is 10.1. The van der Waals surface area contributed by atoms with Crippen molar-refractivity contribution in [3.8, 4) is 0 Å². The fraction of sp³-hybridized carbons (Fsp3) is 1.00. The predicted molar refractivity (Wildman–Crippen MR) is 83.8 cm³/mol. The van der Waals surface area contributed by atoms with Gasteiger partial charge < -0.3 is 20.9 Å². The molecule has 0 atom stereocenters. The molecule has 0 radical (unpaired) electrons. The molecular weight excluding hydrogens is 236 g/mol. The van der Waals surface area contributed by atoms with Crippen LogP contribution in [0.15, 0.2) is 0 Å². The first-order valence-electron chi connectivity index (χ1n) is 8.28. The summed E-state index contributed by atoms with van der Waals surface area (Å²) >= 11 is 0. The van der Waals surface area contributed by atoms with E-state index in [4.69, 9.17) is 0 Å². The molecule has 114 valence electrons. The number of hydrogen-bond acceptors (Lipinski definition) is 4. The molecule has 0 aromatic carbocycles. The molecule has 0 spiro atoms. The highest BCUT2D eigenvalue weighted by molar-refractivity contribution is 4.65. The Kier molecular flexibility index (Phi) is 11.4. The summed E-state index contributed by atoms with van der Waals surface area (Å²) in [6.07, 6.45) is 6.91. The van der Waals surface area contributed by atoms with Crippen LogP contribution < -0.4 is 16.0 Å². The highest BCUT2D eigenvalue weighted by Gasteiger charge is 2.04. The molecule has 19 heavy (non-hydrogen) atoms. The van der Waals surface area contributed by atoms with Crippen LogP contribution in [-0.2, 0) is 0 Å². The van der Waals surface area contributed by atoms with Crippen molar-refractivity contribution < 1.29 is 0 Å². The Hall–Kier alpha value is -0.160. The predicted octanol–water partition coefficient (Wildman–Crippen LogP) is 1.04. The van der Waals surface area contributed by atoms with E-state index in [1.54, 1.807) is 0 Å². The van der Waals surface area contributed by atoms with Crippen molar-refractivity contribution in [1.29, 1.82) is 0 Å². The molecule has 1 fully saturated rings. The minimum atomic E-state index is 1.08. The molecule has 0 bridgehead atoms. The van der Waals surface area contributed by atoms with Gasteiger partial charge in [-0.25, -0.2) is 0 Å². The normalized spacial score (nSPS) is 20.7. The fourth-order valence-electron chi connectivity index (χ4n) is 2.48. The molecule has 4 nitrogen and oxygen atoms in total. The van der Waals surface area contributed by atoms with Gasteiger partial charge in [0.25, 0.3) is 0 Å². The molecule has 1 saturated heterocycles. The van der Waals surface area contributed by atoms with Crippen LogP contribution in [0, 0.1) is 0 Å². The Morgan fingerprint density at radius 2 is 1.21 bits per heavy atom. The SMILES string of the molecule is CCCCCCCN1CCNCCNCCNCC1. The molecule has 1 aliphatic rings. The third-order valence-electron chi connectivity index (χ3n) is 3.74. The number of rotatable bonds is 6. The van der Waals surface area contributed by atoms with Crippen molar-refractivity contribution in [3.05, 3.63) is 0 Å². The molecular formula is C15H34N4. The Labute approximate surface area is 119 Å². The van der Waals surface area contributed by atoms with Gasteiger partial charge in [0.1, 0.15) is 0 Å². The van der Waals surface area contributed by atoms with E-state index in [0.717, 1.165) is 39.3 Å². The van der Waals surface area contributed by atoms with E-state index < -0.39 is 0 Å². The molecule has 0 unspecified atom stereocenters. The largest absolute Gasteiger partial charge is 0.314 e. The second kappa shape index (κ2) is 12.9. The van der Waals surface area contributed by atoms with E-state index in [-0.39, 0.29) is 0 Å². The maximum Gasteiger partial charge on any atom is 0.0107 e. The maximum absolute atomic E-state index is 3.52. The van der Waals surface area contributed by atoms with E-state index in [2.05, 4.69) is 27.8 Å². The monoisotopic (exact) mass is 270 g/mol. The van der Waals surface area contributed by atoms with Crippen molar-refractivity contribution in [2.45, 2.75) is 39.0 Å². The first kappa shape index (κ1) is 16.9. The summed E-state index contributed by atoms with van der Waals surface area (Å²) in [4.78, 5) is 2.61. The van der Waals surface area contributed by atoms with Crippen molar-refractivity contribution in [2.24, 2.45) is 0 Å². The zero-order chi connectivity index (χ0) is 13.6. The first-order valence-corrected chi connectivity index (χ1v) is 8.28. The van der Waals surface area contributed by atoms with Crippen LogP contribution in [0.4, 0.5) is 0 Å². The van der Waals surface area contributed by atoms with Crippen LogP contribution in [0.5, 0.6) is 0 Å². The number of nitrogens with zero attached hydrogens (tertiary/aromatic N) is 1. The summed E-state index contributed by atoms with van der Waals surface area (Å²) in [6.45, 7) is 12.5. The average Bonchev–Trinajstić information content (AvgIpc) is 2.41. The zero-order valence-electron chi connectivity index (χ0n) is 12.8. The molecule has 4 heteroatoms. The molecule has 0 amide bonds. The fourth-order valence-corrected chi connectivity index (χ4v) is 2.48. The van der Waals surface area contributed by atoms with Gasteiger partial charge in [-0.2, -0.15) is 0 Å². The van der Waals surface area contributed by atoms with Gasteiger partial charge in [-0.3, -0.25) is 0 Å². The summed E-state index contributed by atoms with van der Waals surface area (Å²) in [5.41, 5.74) is 0. The number of hydrogen-bond donors (Lipinski definition) is 3. The van der Waals surface area contributed by atoms with Crippen LogP contribution in [-0.4, -0.2) is 63.8 Å². The van der Waals surface area contributed by atoms with Gasteiger partial charge in [0, 0.05) is 52.4 Å². The minimum Gasteiger partial charge on any atom is -0.314 e. The van der Waals surface area contributed by atoms with Crippen LogP contribution in [0.1, 0.15) is 39.0 Å². The number of nitrogens with one attached hydrogen (secondary N) is 3. The van der Waals surface area contributed by atoms with E-state index in [1.165, 1.54) is 51.7 Å².